The fraction of sp³-hybridized carbons (Fsp3) is 0.469. The highest BCUT2D eigenvalue weighted by atomic mass is 28.4. The number of carbonyl (C=O) groups is 5. The molecule has 0 fully saturated rings. The van der Waals surface area contributed by atoms with Gasteiger partial charge in [0.2, 0.25) is 0 Å². The van der Waals surface area contributed by atoms with Crippen molar-refractivity contribution < 1.29 is 52.1 Å². The maximum absolute atomic E-state index is 12.9. The van der Waals surface area contributed by atoms with Gasteiger partial charge in [-0.3, -0.25) is 0 Å². The van der Waals surface area contributed by atoms with Crippen molar-refractivity contribution in [1.82, 2.24) is 0 Å². The molecule has 4 atom stereocenters. The normalized spacial score (nSPS) is 14.3. The highest BCUT2D eigenvalue weighted by molar-refractivity contribution is 6.99. The molecular weight excluding hydrogens is 588 g/mol. The quantitative estimate of drug-likeness (QED) is 0.173. The SMILES string of the molecule is CCOC(=O)[C@H](C)OC(=O)[C@H](C)OC(=O)[C@H](C)OC(=O)[C@H](C)OC(=O)CO[Si](c1ccccc1)(c1ccccc1)C(C)(C)C. The lowest BCUT2D eigenvalue weighted by molar-refractivity contribution is -0.185. The second-order valence-electron chi connectivity index (χ2n) is 11.1. The molecule has 11 nitrogen and oxygen atoms in total. The van der Waals surface area contributed by atoms with Gasteiger partial charge in [-0.05, 0) is 50.0 Å². The zero-order valence-electron chi connectivity index (χ0n) is 26.5. The minimum absolute atomic E-state index is 0.107. The van der Waals surface area contributed by atoms with Crippen molar-refractivity contribution in [2.45, 2.75) is 84.8 Å². The van der Waals surface area contributed by atoms with Crippen LogP contribution in [0, 0.1) is 0 Å². The predicted molar refractivity (Wildman–Crippen MR) is 162 cm³/mol. The lowest BCUT2D eigenvalue weighted by Crippen LogP contribution is -2.67. The Hall–Kier alpha value is -4.03. The van der Waals surface area contributed by atoms with Crippen LogP contribution in [0.15, 0.2) is 60.7 Å². The molecule has 2 rings (SSSR count). The first-order valence-corrected chi connectivity index (χ1v) is 16.3. The third-order valence-electron chi connectivity index (χ3n) is 6.62. The highest BCUT2D eigenvalue weighted by Gasteiger charge is 2.50. The van der Waals surface area contributed by atoms with Crippen LogP contribution in [0.3, 0.4) is 0 Å². The molecular formula is C32H42O11Si. The number of ether oxygens (including phenoxy) is 5. The van der Waals surface area contributed by atoms with Gasteiger partial charge >= 0.3 is 29.8 Å². The number of hydrogen-bond donors (Lipinski definition) is 0. The van der Waals surface area contributed by atoms with Gasteiger partial charge in [-0.15, -0.1) is 0 Å². The summed E-state index contributed by atoms with van der Waals surface area (Å²) in [5, 5.41) is 1.57. The molecule has 0 spiro atoms. The first-order chi connectivity index (χ1) is 20.6. The van der Waals surface area contributed by atoms with E-state index < -0.39 is 69.2 Å². The van der Waals surface area contributed by atoms with Crippen molar-refractivity contribution in [1.29, 1.82) is 0 Å². The van der Waals surface area contributed by atoms with Crippen molar-refractivity contribution in [3.05, 3.63) is 60.7 Å². The van der Waals surface area contributed by atoms with Crippen LogP contribution in [-0.2, 0) is 52.1 Å². The standard InChI is InChI=1S/C32H42O11Si/c1-9-38-28(34)21(2)41-30(36)23(4)43-31(37)24(5)42-29(35)22(3)40-27(33)20-39-44(32(6,7)8,25-16-12-10-13-17-25)26-18-14-11-15-19-26/h10-19,21-24H,9,20H2,1-8H3/t21-,22-,23-,24-/m0/s1. The maximum Gasteiger partial charge on any atom is 0.347 e. The van der Waals surface area contributed by atoms with E-state index in [2.05, 4.69) is 20.8 Å². The van der Waals surface area contributed by atoms with Gasteiger partial charge in [0, 0.05) is 0 Å². The molecule has 12 heteroatoms. The molecule has 0 heterocycles. The Bertz CT molecular complexity index is 1230. The van der Waals surface area contributed by atoms with Crippen molar-refractivity contribution in [3.63, 3.8) is 0 Å². The Morgan fingerprint density at radius 1 is 0.614 bits per heavy atom. The number of rotatable bonds is 14. The minimum atomic E-state index is -3.02. The summed E-state index contributed by atoms with van der Waals surface area (Å²) in [7, 11) is -3.02. The lowest BCUT2D eigenvalue weighted by atomic mass is 10.2. The van der Waals surface area contributed by atoms with E-state index in [-0.39, 0.29) is 11.6 Å². The predicted octanol–water partition coefficient (Wildman–Crippen LogP) is 2.85. The molecule has 0 amide bonds. The molecule has 0 unspecified atom stereocenters. The topological polar surface area (TPSA) is 141 Å². The van der Waals surface area contributed by atoms with Crippen molar-refractivity contribution in [2.75, 3.05) is 13.2 Å². The van der Waals surface area contributed by atoms with Crippen LogP contribution >= 0.6 is 0 Å². The van der Waals surface area contributed by atoms with Gasteiger partial charge in [-0.25, -0.2) is 24.0 Å². The van der Waals surface area contributed by atoms with Gasteiger partial charge in [0.15, 0.2) is 24.4 Å². The number of benzene rings is 2. The smallest absolute Gasteiger partial charge is 0.347 e. The third-order valence-corrected chi connectivity index (χ3v) is 11.6. The number of hydrogen-bond acceptors (Lipinski definition) is 11. The van der Waals surface area contributed by atoms with E-state index in [1.807, 2.05) is 60.7 Å². The molecule has 0 saturated carbocycles. The summed E-state index contributed by atoms with van der Waals surface area (Å²) < 4.78 is 31.6. The number of esters is 5. The molecule has 0 aliphatic heterocycles. The Kier molecular flexibility index (Phi) is 13.3. The first kappa shape index (κ1) is 36.2. The minimum Gasteiger partial charge on any atom is -0.463 e. The fourth-order valence-corrected chi connectivity index (χ4v) is 8.91. The molecule has 0 saturated heterocycles. The molecule has 0 aliphatic rings. The van der Waals surface area contributed by atoms with E-state index in [0.717, 1.165) is 10.4 Å². The van der Waals surface area contributed by atoms with E-state index >= 15 is 0 Å². The highest BCUT2D eigenvalue weighted by Crippen LogP contribution is 2.36. The maximum atomic E-state index is 12.9. The van der Waals surface area contributed by atoms with E-state index in [0.29, 0.717) is 0 Å². The zero-order chi connectivity index (χ0) is 33.1. The van der Waals surface area contributed by atoms with Crippen LogP contribution in [-0.4, -0.2) is 75.8 Å². The van der Waals surface area contributed by atoms with Crippen molar-refractivity contribution in [2.24, 2.45) is 0 Å². The molecule has 0 radical (unpaired) electrons. The molecule has 2 aromatic carbocycles. The van der Waals surface area contributed by atoms with Crippen LogP contribution in [0.2, 0.25) is 5.04 Å². The average molecular weight is 631 g/mol. The van der Waals surface area contributed by atoms with Gasteiger partial charge < -0.3 is 28.1 Å². The molecule has 2 aromatic rings. The summed E-state index contributed by atoms with van der Waals surface area (Å²) in [6.07, 6.45) is -5.40. The lowest BCUT2D eigenvalue weighted by Gasteiger charge is -2.42. The van der Waals surface area contributed by atoms with Gasteiger partial charge in [-0.1, -0.05) is 81.4 Å². The summed E-state index contributed by atoms with van der Waals surface area (Å²) in [5.41, 5.74) is 0. The number of carbonyl (C=O) groups excluding carboxylic acids is 5. The summed E-state index contributed by atoms with van der Waals surface area (Å²) >= 11 is 0. The molecule has 0 aliphatic carbocycles. The van der Waals surface area contributed by atoms with Crippen molar-refractivity contribution >= 4 is 48.5 Å². The second-order valence-corrected chi connectivity index (χ2v) is 15.4. The largest absolute Gasteiger partial charge is 0.463 e. The van der Waals surface area contributed by atoms with Crippen molar-refractivity contribution in [3.8, 4) is 0 Å². The van der Waals surface area contributed by atoms with Gasteiger partial charge in [-0.2, -0.15) is 0 Å². The van der Waals surface area contributed by atoms with E-state index in [9.17, 15) is 24.0 Å². The molecule has 0 aromatic heterocycles. The monoisotopic (exact) mass is 630 g/mol. The Balaban J connectivity index is 2.01. The Labute approximate surface area is 259 Å². The summed E-state index contributed by atoms with van der Waals surface area (Å²) in [6.45, 7) is 12.6. The van der Waals surface area contributed by atoms with Gasteiger partial charge in [0.05, 0.1) is 6.61 Å². The second kappa shape index (κ2) is 16.2. The molecule has 0 N–H and O–H groups in total. The molecule has 240 valence electrons. The van der Waals surface area contributed by atoms with Crippen LogP contribution < -0.4 is 10.4 Å². The third kappa shape index (κ3) is 9.48. The Morgan fingerprint density at radius 2 is 0.977 bits per heavy atom. The van der Waals surface area contributed by atoms with E-state index in [1.54, 1.807) is 6.92 Å². The van der Waals surface area contributed by atoms with Crippen LogP contribution in [0.4, 0.5) is 0 Å². The van der Waals surface area contributed by atoms with Gasteiger partial charge in [0.25, 0.3) is 8.32 Å². The van der Waals surface area contributed by atoms with Crippen LogP contribution in [0.5, 0.6) is 0 Å². The molecule has 44 heavy (non-hydrogen) atoms. The first-order valence-electron chi connectivity index (χ1n) is 14.4. The zero-order valence-corrected chi connectivity index (χ0v) is 27.5. The molecule has 0 bridgehead atoms. The average Bonchev–Trinajstić information content (AvgIpc) is 2.97. The van der Waals surface area contributed by atoms with Crippen LogP contribution in [0.25, 0.3) is 0 Å². The summed E-state index contributed by atoms with van der Waals surface area (Å²) in [6, 6.07) is 19.4. The van der Waals surface area contributed by atoms with E-state index in [4.69, 9.17) is 28.1 Å². The fourth-order valence-electron chi connectivity index (χ4n) is 4.42. The van der Waals surface area contributed by atoms with Crippen LogP contribution in [0.1, 0.15) is 55.4 Å². The van der Waals surface area contributed by atoms with E-state index in [1.165, 1.54) is 27.7 Å². The van der Waals surface area contributed by atoms with Gasteiger partial charge in [0.1, 0.15) is 6.61 Å². The summed E-state index contributed by atoms with van der Waals surface area (Å²) in [5.74, 6) is -4.56. The summed E-state index contributed by atoms with van der Waals surface area (Å²) in [4.78, 5) is 61.7. The Morgan fingerprint density at radius 3 is 1.34 bits per heavy atom.